The summed E-state index contributed by atoms with van der Waals surface area (Å²) in [7, 11) is 1.44. The van der Waals surface area contributed by atoms with Crippen LogP contribution in [-0.2, 0) is 4.79 Å². The zero-order valence-electron chi connectivity index (χ0n) is 10.0. The second kappa shape index (κ2) is 5.18. The molecule has 0 aromatic heterocycles. The number of rotatable bonds is 3. The Morgan fingerprint density at radius 3 is 2.83 bits per heavy atom. The van der Waals surface area contributed by atoms with Gasteiger partial charge in [0.15, 0.2) is 0 Å². The molecule has 0 spiro atoms. The highest BCUT2D eigenvalue weighted by molar-refractivity contribution is 5.94. The maximum atomic E-state index is 13.2. The van der Waals surface area contributed by atoms with Gasteiger partial charge in [0.2, 0.25) is 5.91 Å². The number of nitrogens with one attached hydrogen (secondary N) is 1. The van der Waals surface area contributed by atoms with E-state index in [9.17, 15) is 9.18 Å². The molecular formula is C13H15FN2O2. The molecule has 0 fully saturated rings. The van der Waals surface area contributed by atoms with Crippen LogP contribution in [0.2, 0.25) is 0 Å². The lowest BCUT2D eigenvalue weighted by Gasteiger charge is -2.11. The van der Waals surface area contributed by atoms with Crippen molar-refractivity contribution in [2.75, 3.05) is 12.4 Å². The molecule has 96 valence electrons. The van der Waals surface area contributed by atoms with Crippen LogP contribution in [0.4, 0.5) is 10.1 Å². The fraction of sp³-hybridized carbons (Fsp3) is 0.308. The fourth-order valence-electron chi connectivity index (χ4n) is 1.91. The molecular weight excluding hydrogens is 235 g/mol. The number of nitrogens with two attached hydrogens (primary N) is 1. The van der Waals surface area contributed by atoms with Gasteiger partial charge < -0.3 is 15.8 Å². The van der Waals surface area contributed by atoms with Gasteiger partial charge in [0.1, 0.15) is 11.6 Å². The molecule has 0 saturated carbocycles. The Balaban J connectivity index is 2.07. The van der Waals surface area contributed by atoms with Gasteiger partial charge in [0, 0.05) is 23.9 Å². The summed E-state index contributed by atoms with van der Waals surface area (Å²) >= 11 is 0. The first-order valence-corrected chi connectivity index (χ1v) is 5.68. The summed E-state index contributed by atoms with van der Waals surface area (Å²) in [6.07, 6.45) is 4.16. The maximum Gasteiger partial charge on any atom is 0.231 e. The van der Waals surface area contributed by atoms with Crippen molar-refractivity contribution in [3.8, 4) is 5.75 Å². The molecule has 5 heteroatoms. The van der Waals surface area contributed by atoms with Crippen molar-refractivity contribution in [1.29, 1.82) is 0 Å². The summed E-state index contributed by atoms with van der Waals surface area (Å²) in [4.78, 5) is 11.9. The van der Waals surface area contributed by atoms with Crippen LogP contribution in [0, 0.1) is 11.7 Å². The standard InChI is InChI=1S/C13H15FN2O2/c1-18-12-6-9(14)5-11(7-12)16-13(17)8-2-3-10(15)4-8/h2-3,5-8,10H,4,15H2,1H3,(H,16,17). The summed E-state index contributed by atoms with van der Waals surface area (Å²) in [6.45, 7) is 0. The first-order chi connectivity index (χ1) is 8.58. The molecule has 4 nitrogen and oxygen atoms in total. The lowest BCUT2D eigenvalue weighted by Crippen LogP contribution is -2.24. The fourth-order valence-corrected chi connectivity index (χ4v) is 1.91. The lowest BCUT2D eigenvalue weighted by molar-refractivity contribution is -0.118. The summed E-state index contributed by atoms with van der Waals surface area (Å²) in [5, 5.41) is 2.65. The largest absolute Gasteiger partial charge is 0.497 e. The minimum absolute atomic E-state index is 0.0807. The molecule has 3 N–H and O–H groups in total. The topological polar surface area (TPSA) is 64.3 Å². The minimum atomic E-state index is -0.455. The van der Waals surface area contributed by atoms with Crippen LogP contribution in [0.1, 0.15) is 6.42 Å². The molecule has 2 unspecified atom stereocenters. The van der Waals surface area contributed by atoms with Crippen LogP contribution in [0.5, 0.6) is 5.75 Å². The van der Waals surface area contributed by atoms with Crippen LogP contribution in [0.3, 0.4) is 0 Å². The van der Waals surface area contributed by atoms with Crippen molar-refractivity contribution in [3.63, 3.8) is 0 Å². The number of anilines is 1. The monoisotopic (exact) mass is 250 g/mol. The van der Waals surface area contributed by atoms with E-state index in [0.29, 0.717) is 17.9 Å². The Kier molecular flexibility index (Phi) is 3.62. The van der Waals surface area contributed by atoms with E-state index in [1.54, 1.807) is 18.2 Å². The Morgan fingerprint density at radius 2 is 2.22 bits per heavy atom. The number of methoxy groups -OCH3 is 1. The number of benzene rings is 1. The summed E-state index contributed by atoms with van der Waals surface area (Å²) in [5.41, 5.74) is 6.06. The molecule has 2 atom stereocenters. The molecule has 1 amide bonds. The smallest absolute Gasteiger partial charge is 0.231 e. The van der Waals surface area contributed by atoms with Gasteiger partial charge in [0.25, 0.3) is 0 Å². The summed E-state index contributed by atoms with van der Waals surface area (Å²) in [6, 6.07) is 3.99. The number of hydrogen-bond donors (Lipinski definition) is 2. The van der Waals surface area contributed by atoms with Gasteiger partial charge in [-0.05, 0) is 12.5 Å². The number of carbonyl (C=O) groups is 1. The molecule has 1 aliphatic rings. The first kappa shape index (κ1) is 12.6. The number of halogens is 1. The van der Waals surface area contributed by atoms with Gasteiger partial charge in [-0.3, -0.25) is 4.79 Å². The molecule has 18 heavy (non-hydrogen) atoms. The second-order valence-corrected chi connectivity index (χ2v) is 4.26. The molecule has 1 aliphatic carbocycles. The van der Waals surface area contributed by atoms with Gasteiger partial charge in [-0.1, -0.05) is 12.2 Å². The van der Waals surface area contributed by atoms with Gasteiger partial charge in [-0.15, -0.1) is 0 Å². The highest BCUT2D eigenvalue weighted by atomic mass is 19.1. The minimum Gasteiger partial charge on any atom is -0.497 e. The van der Waals surface area contributed by atoms with Crippen molar-refractivity contribution in [1.82, 2.24) is 0 Å². The first-order valence-electron chi connectivity index (χ1n) is 5.68. The molecule has 0 bridgehead atoms. The van der Waals surface area contributed by atoms with Gasteiger partial charge in [0.05, 0.1) is 13.0 Å². The zero-order valence-corrected chi connectivity index (χ0v) is 10.0. The third-order valence-corrected chi connectivity index (χ3v) is 2.83. The number of amides is 1. The van der Waals surface area contributed by atoms with Crippen molar-refractivity contribution in [2.45, 2.75) is 12.5 Å². The quantitative estimate of drug-likeness (QED) is 0.802. The van der Waals surface area contributed by atoms with Crippen molar-refractivity contribution < 1.29 is 13.9 Å². The Bertz CT molecular complexity index is 488. The van der Waals surface area contributed by atoms with E-state index >= 15 is 0 Å². The predicted molar refractivity (Wildman–Crippen MR) is 66.8 cm³/mol. The Labute approximate surface area is 105 Å². The number of carbonyl (C=O) groups excluding carboxylic acids is 1. The summed E-state index contributed by atoms with van der Waals surface area (Å²) < 4.78 is 18.2. The van der Waals surface area contributed by atoms with E-state index in [-0.39, 0.29) is 17.9 Å². The van der Waals surface area contributed by atoms with E-state index in [2.05, 4.69) is 5.32 Å². The highest BCUT2D eigenvalue weighted by Crippen LogP contribution is 2.22. The Hall–Kier alpha value is -1.88. The second-order valence-electron chi connectivity index (χ2n) is 4.26. The van der Waals surface area contributed by atoms with Crippen LogP contribution >= 0.6 is 0 Å². The normalized spacial score (nSPS) is 21.9. The van der Waals surface area contributed by atoms with Crippen molar-refractivity contribution >= 4 is 11.6 Å². The van der Waals surface area contributed by atoms with E-state index < -0.39 is 5.82 Å². The van der Waals surface area contributed by atoms with E-state index in [0.717, 1.165) is 0 Å². The van der Waals surface area contributed by atoms with Crippen LogP contribution in [0.15, 0.2) is 30.4 Å². The van der Waals surface area contributed by atoms with E-state index in [1.807, 2.05) is 0 Å². The lowest BCUT2D eigenvalue weighted by atomic mass is 10.1. The van der Waals surface area contributed by atoms with Crippen LogP contribution in [0.25, 0.3) is 0 Å². The molecule has 1 aromatic rings. The maximum absolute atomic E-state index is 13.2. The average molecular weight is 250 g/mol. The third-order valence-electron chi connectivity index (χ3n) is 2.83. The van der Waals surface area contributed by atoms with Crippen LogP contribution < -0.4 is 15.8 Å². The van der Waals surface area contributed by atoms with Gasteiger partial charge >= 0.3 is 0 Å². The molecule has 0 saturated heterocycles. The Morgan fingerprint density at radius 1 is 1.44 bits per heavy atom. The molecule has 0 radical (unpaired) electrons. The molecule has 0 heterocycles. The molecule has 0 aliphatic heterocycles. The molecule has 1 aromatic carbocycles. The average Bonchev–Trinajstić information content (AvgIpc) is 2.75. The van der Waals surface area contributed by atoms with Gasteiger partial charge in [-0.2, -0.15) is 0 Å². The van der Waals surface area contributed by atoms with Crippen LogP contribution in [-0.4, -0.2) is 19.1 Å². The van der Waals surface area contributed by atoms with E-state index in [4.69, 9.17) is 10.5 Å². The third kappa shape index (κ3) is 2.87. The highest BCUT2D eigenvalue weighted by Gasteiger charge is 2.22. The summed E-state index contributed by atoms with van der Waals surface area (Å²) in [5.74, 6) is -0.534. The number of ether oxygens (including phenoxy) is 1. The SMILES string of the molecule is COc1cc(F)cc(NC(=O)C2C=CC(N)C2)c1. The zero-order chi connectivity index (χ0) is 13.1. The molecule has 2 rings (SSSR count). The number of hydrogen-bond acceptors (Lipinski definition) is 3. The predicted octanol–water partition coefficient (Wildman–Crippen LogP) is 1.68. The van der Waals surface area contributed by atoms with E-state index in [1.165, 1.54) is 19.2 Å². The van der Waals surface area contributed by atoms with Crippen molar-refractivity contribution in [2.24, 2.45) is 11.7 Å². The van der Waals surface area contributed by atoms with Crippen molar-refractivity contribution in [3.05, 3.63) is 36.2 Å². The van der Waals surface area contributed by atoms with Gasteiger partial charge in [-0.25, -0.2) is 4.39 Å².